The standard InChI is InChI=1S/C14H15FN4O2/c15-11-5-3-10(4-6-11)12-16-17-18-19(12)9-14(13(20)21)7-1-2-8-14/h3-6H,1-2,7-9H2,(H,20,21). The molecule has 1 N–H and O–H groups in total. The molecule has 110 valence electrons. The maximum absolute atomic E-state index is 13.0. The Kier molecular flexibility index (Phi) is 3.40. The van der Waals surface area contributed by atoms with Crippen LogP contribution < -0.4 is 0 Å². The molecule has 3 rings (SSSR count). The lowest BCUT2D eigenvalue weighted by molar-refractivity contribution is -0.149. The first-order valence-corrected chi connectivity index (χ1v) is 6.86. The van der Waals surface area contributed by atoms with Gasteiger partial charge < -0.3 is 5.11 Å². The molecule has 1 aromatic heterocycles. The minimum Gasteiger partial charge on any atom is -0.481 e. The summed E-state index contributed by atoms with van der Waals surface area (Å²) in [6.07, 6.45) is 3.07. The number of nitrogens with zero attached hydrogens (tertiary/aromatic N) is 4. The van der Waals surface area contributed by atoms with Crippen LogP contribution in [0.5, 0.6) is 0 Å². The van der Waals surface area contributed by atoms with Gasteiger partial charge in [0.05, 0.1) is 12.0 Å². The number of halogens is 1. The first-order valence-electron chi connectivity index (χ1n) is 6.86. The topological polar surface area (TPSA) is 80.9 Å². The smallest absolute Gasteiger partial charge is 0.311 e. The molecular weight excluding hydrogens is 275 g/mol. The van der Waals surface area contributed by atoms with Gasteiger partial charge in [-0.3, -0.25) is 4.79 Å². The summed E-state index contributed by atoms with van der Waals surface area (Å²) in [5.41, 5.74) is -0.135. The predicted octanol–water partition coefficient (Wildman–Crippen LogP) is 2.12. The Morgan fingerprint density at radius 2 is 1.95 bits per heavy atom. The second kappa shape index (κ2) is 5.23. The van der Waals surface area contributed by atoms with E-state index in [-0.39, 0.29) is 12.4 Å². The maximum Gasteiger partial charge on any atom is 0.311 e. The number of rotatable bonds is 4. The van der Waals surface area contributed by atoms with Crippen molar-refractivity contribution < 1.29 is 14.3 Å². The summed E-state index contributed by atoms with van der Waals surface area (Å²) in [6.45, 7) is 0.238. The van der Waals surface area contributed by atoms with E-state index < -0.39 is 11.4 Å². The molecule has 6 nitrogen and oxygen atoms in total. The van der Waals surface area contributed by atoms with E-state index in [9.17, 15) is 14.3 Å². The summed E-state index contributed by atoms with van der Waals surface area (Å²) in [6, 6.07) is 5.83. The molecule has 1 heterocycles. The van der Waals surface area contributed by atoms with Crippen LogP contribution in [0, 0.1) is 11.2 Å². The highest BCUT2D eigenvalue weighted by Gasteiger charge is 2.42. The summed E-state index contributed by atoms with van der Waals surface area (Å²) < 4.78 is 14.5. The fraction of sp³-hybridized carbons (Fsp3) is 0.429. The van der Waals surface area contributed by atoms with Gasteiger partial charge in [-0.25, -0.2) is 9.07 Å². The SMILES string of the molecule is O=C(O)C1(Cn2nnnc2-c2ccc(F)cc2)CCCC1. The van der Waals surface area contributed by atoms with Crippen LogP contribution >= 0.6 is 0 Å². The monoisotopic (exact) mass is 290 g/mol. The van der Waals surface area contributed by atoms with Crippen LogP contribution in [0.15, 0.2) is 24.3 Å². The molecule has 1 aliphatic carbocycles. The van der Waals surface area contributed by atoms with Gasteiger partial charge in [-0.05, 0) is 47.5 Å². The van der Waals surface area contributed by atoms with E-state index in [2.05, 4.69) is 15.5 Å². The molecule has 1 aromatic carbocycles. The van der Waals surface area contributed by atoms with Crippen molar-refractivity contribution >= 4 is 5.97 Å². The summed E-state index contributed by atoms with van der Waals surface area (Å²) in [5, 5.41) is 21.0. The van der Waals surface area contributed by atoms with Gasteiger partial charge in [-0.1, -0.05) is 12.8 Å². The molecule has 0 amide bonds. The molecule has 0 radical (unpaired) electrons. The van der Waals surface area contributed by atoms with Crippen LogP contribution in [0.25, 0.3) is 11.4 Å². The van der Waals surface area contributed by atoms with E-state index in [0.717, 1.165) is 12.8 Å². The van der Waals surface area contributed by atoms with Gasteiger partial charge in [0.25, 0.3) is 0 Å². The van der Waals surface area contributed by atoms with Gasteiger partial charge >= 0.3 is 5.97 Å². The minimum atomic E-state index is -0.805. The van der Waals surface area contributed by atoms with Gasteiger partial charge in [0, 0.05) is 5.56 Å². The molecule has 21 heavy (non-hydrogen) atoms. The number of hydrogen-bond donors (Lipinski definition) is 1. The third-order valence-electron chi connectivity index (χ3n) is 4.10. The molecule has 0 spiro atoms. The molecule has 2 aromatic rings. The summed E-state index contributed by atoms with van der Waals surface area (Å²) in [7, 11) is 0. The number of carboxylic acid groups (broad SMARTS) is 1. The van der Waals surface area contributed by atoms with Gasteiger partial charge in [0.1, 0.15) is 5.82 Å². The Morgan fingerprint density at radius 1 is 1.29 bits per heavy atom. The number of carboxylic acids is 1. The molecule has 1 aliphatic rings. The van der Waals surface area contributed by atoms with Crippen molar-refractivity contribution in [2.75, 3.05) is 0 Å². The number of carbonyl (C=O) groups is 1. The van der Waals surface area contributed by atoms with Gasteiger partial charge in [-0.15, -0.1) is 5.10 Å². The van der Waals surface area contributed by atoms with E-state index in [1.54, 1.807) is 12.1 Å². The molecule has 0 unspecified atom stereocenters. The van der Waals surface area contributed by atoms with Gasteiger partial charge in [0.15, 0.2) is 5.82 Å². The van der Waals surface area contributed by atoms with Crippen molar-refractivity contribution in [2.45, 2.75) is 32.2 Å². The molecule has 1 saturated carbocycles. The van der Waals surface area contributed by atoms with Crippen molar-refractivity contribution in [3.8, 4) is 11.4 Å². The van der Waals surface area contributed by atoms with Crippen molar-refractivity contribution in [1.82, 2.24) is 20.2 Å². The lowest BCUT2D eigenvalue weighted by atomic mass is 9.86. The van der Waals surface area contributed by atoms with Crippen LogP contribution in [-0.4, -0.2) is 31.3 Å². The number of benzene rings is 1. The third kappa shape index (κ3) is 2.51. The zero-order valence-corrected chi connectivity index (χ0v) is 11.4. The van der Waals surface area contributed by atoms with Crippen molar-refractivity contribution in [1.29, 1.82) is 0 Å². The molecule has 7 heteroatoms. The lowest BCUT2D eigenvalue weighted by Gasteiger charge is -2.23. The second-order valence-corrected chi connectivity index (χ2v) is 5.46. The average Bonchev–Trinajstić information content (AvgIpc) is 3.10. The number of aliphatic carboxylic acids is 1. The fourth-order valence-corrected chi connectivity index (χ4v) is 2.89. The first kappa shape index (κ1) is 13.7. The summed E-state index contributed by atoms with van der Waals surface area (Å²) >= 11 is 0. The zero-order valence-electron chi connectivity index (χ0n) is 11.4. The molecule has 0 atom stereocenters. The molecule has 0 saturated heterocycles. The Balaban J connectivity index is 1.92. The summed E-state index contributed by atoms with van der Waals surface area (Å²) in [5.74, 6) is -0.682. The normalized spacial score (nSPS) is 17.0. The predicted molar refractivity (Wildman–Crippen MR) is 71.7 cm³/mol. The highest BCUT2D eigenvalue weighted by atomic mass is 19.1. The molecule has 1 fully saturated rings. The van der Waals surface area contributed by atoms with Crippen molar-refractivity contribution in [3.63, 3.8) is 0 Å². The van der Waals surface area contributed by atoms with E-state index in [1.165, 1.54) is 16.8 Å². The minimum absolute atomic E-state index is 0.238. The van der Waals surface area contributed by atoms with Crippen LogP contribution in [0.2, 0.25) is 0 Å². The largest absolute Gasteiger partial charge is 0.481 e. The fourth-order valence-electron chi connectivity index (χ4n) is 2.89. The highest BCUT2D eigenvalue weighted by Crippen LogP contribution is 2.40. The second-order valence-electron chi connectivity index (χ2n) is 5.46. The number of tetrazole rings is 1. The Morgan fingerprint density at radius 3 is 2.57 bits per heavy atom. The molecular formula is C14H15FN4O2. The maximum atomic E-state index is 13.0. The average molecular weight is 290 g/mol. The quantitative estimate of drug-likeness (QED) is 0.932. The third-order valence-corrected chi connectivity index (χ3v) is 4.10. The van der Waals surface area contributed by atoms with Crippen molar-refractivity contribution in [2.24, 2.45) is 5.41 Å². The number of aromatic nitrogens is 4. The first-order chi connectivity index (χ1) is 10.1. The van der Waals surface area contributed by atoms with E-state index in [4.69, 9.17) is 0 Å². The van der Waals surface area contributed by atoms with E-state index in [0.29, 0.717) is 24.2 Å². The van der Waals surface area contributed by atoms with Crippen LogP contribution in [0.3, 0.4) is 0 Å². The van der Waals surface area contributed by atoms with Gasteiger partial charge in [-0.2, -0.15) is 0 Å². The van der Waals surface area contributed by atoms with E-state index in [1.807, 2.05) is 0 Å². The Hall–Kier alpha value is -2.31. The van der Waals surface area contributed by atoms with Crippen LogP contribution in [0.1, 0.15) is 25.7 Å². The molecule has 0 bridgehead atoms. The zero-order chi connectivity index (χ0) is 14.9. The van der Waals surface area contributed by atoms with E-state index >= 15 is 0 Å². The summed E-state index contributed by atoms with van der Waals surface area (Å²) in [4.78, 5) is 11.6. The van der Waals surface area contributed by atoms with Gasteiger partial charge in [0.2, 0.25) is 0 Å². The van der Waals surface area contributed by atoms with Crippen molar-refractivity contribution in [3.05, 3.63) is 30.1 Å². The molecule has 0 aliphatic heterocycles. The lowest BCUT2D eigenvalue weighted by Crippen LogP contribution is -2.33. The number of hydrogen-bond acceptors (Lipinski definition) is 4. The van der Waals surface area contributed by atoms with Crippen LogP contribution in [-0.2, 0) is 11.3 Å². The Labute approximate surface area is 120 Å². The highest BCUT2D eigenvalue weighted by molar-refractivity contribution is 5.75. The van der Waals surface area contributed by atoms with Crippen LogP contribution in [0.4, 0.5) is 4.39 Å². The Bertz CT molecular complexity index is 647.